The molecule has 0 saturated heterocycles. The van der Waals surface area contributed by atoms with Crippen LogP contribution in [0.4, 0.5) is 5.69 Å². The molecule has 14 heavy (non-hydrogen) atoms. The van der Waals surface area contributed by atoms with Gasteiger partial charge in [0.25, 0.3) is 5.69 Å². The molecular weight excluding hydrogens is 182 g/mol. The normalized spacial score (nSPS) is 12.1. The Kier molecular flexibility index (Phi) is 2.93. The second-order valence-corrected chi connectivity index (χ2v) is 2.91. The van der Waals surface area contributed by atoms with Crippen molar-refractivity contribution in [1.29, 1.82) is 0 Å². The Balaban J connectivity index is 3.13. The Labute approximate surface area is 81.4 Å². The molecule has 0 aliphatic carbocycles. The predicted octanol–water partition coefficient (Wildman–Crippen LogP) is 1.48. The molecule has 0 amide bonds. The van der Waals surface area contributed by atoms with E-state index < -0.39 is 4.92 Å². The highest BCUT2D eigenvalue weighted by Gasteiger charge is 2.12. The molecule has 0 aliphatic heterocycles. The summed E-state index contributed by atoms with van der Waals surface area (Å²) < 4.78 is 0. The Morgan fingerprint density at radius 1 is 1.79 bits per heavy atom. The number of aromatic nitrogens is 1. The van der Waals surface area contributed by atoms with Crippen molar-refractivity contribution in [1.82, 2.24) is 4.98 Å². The lowest BCUT2D eigenvalue weighted by molar-refractivity contribution is -0.385. The van der Waals surface area contributed by atoms with E-state index in [1.165, 1.54) is 12.3 Å². The maximum Gasteiger partial charge on any atom is 0.287 e. The smallest absolute Gasteiger partial charge is 0.287 e. The van der Waals surface area contributed by atoms with E-state index in [1.54, 1.807) is 13.0 Å². The van der Waals surface area contributed by atoms with Gasteiger partial charge in [-0.05, 0) is 12.5 Å². The van der Waals surface area contributed by atoms with E-state index in [1.807, 2.05) is 0 Å². The third-order valence-corrected chi connectivity index (χ3v) is 1.88. The van der Waals surface area contributed by atoms with Crippen molar-refractivity contribution in [3.05, 3.63) is 46.3 Å². The Morgan fingerprint density at radius 3 is 2.86 bits per heavy atom. The average Bonchev–Trinajstić information content (AvgIpc) is 2.16. The fourth-order valence-corrected chi connectivity index (χ4v) is 1.13. The van der Waals surface area contributed by atoms with E-state index in [-0.39, 0.29) is 11.7 Å². The maximum atomic E-state index is 10.4. The van der Waals surface area contributed by atoms with Crippen LogP contribution in [0, 0.1) is 17.0 Å². The quantitative estimate of drug-likeness (QED) is 0.448. The van der Waals surface area contributed by atoms with Gasteiger partial charge >= 0.3 is 0 Å². The second kappa shape index (κ2) is 3.97. The monoisotopic (exact) mass is 193 g/mol. The Hall–Kier alpha value is -1.75. The minimum absolute atomic E-state index is 0.0255. The Bertz CT molecular complexity index is 376. The summed E-state index contributed by atoms with van der Waals surface area (Å²) in [6.07, 6.45) is 2.74. The van der Waals surface area contributed by atoms with Crippen molar-refractivity contribution >= 4 is 5.69 Å². The summed E-state index contributed by atoms with van der Waals surface area (Å²) in [5.74, 6) is 0. The zero-order valence-corrected chi connectivity index (χ0v) is 7.80. The molecule has 5 nitrogen and oxygen atoms in total. The molecule has 5 heteroatoms. The molecule has 2 N–H and O–H groups in total. The van der Waals surface area contributed by atoms with Crippen LogP contribution in [-0.4, -0.2) is 9.91 Å². The van der Waals surface area contributed by atoms with E-state index in [0.717, 1.165) is 0 Å². The van der Waals surface area contributed by atoms with E-state index in [2.05, 4.69) is 11.6 Å². The number of nitrogens with two attached hydrogens (primary N) is 1. The van der Waals surface area contributed by atoms with Gasteiger partial charge in [0.2, 0.25) is 0 Å². The fraction of sp³-hybridized carbons (Fsp3) is 0.222. The minimum atomic E-state index is -0.483. The molecule has 0 bridgehead atoms. The number of hydrogen-bond donors (Lipinski definition) is 1. The third-order valence-electron chi connectivity index (χ3n) is 1.88. The second-order valence-electron chi connectivity index (χ2n) is 2.91. The number of nitro groups is 1. The molecular formula is C9H11N3O2. The van der Waals surface area contributed by atoms with Gasteiger partial charge in [-0.3, -0.25) is 15.1 Å². The van der Waals surface area contributed by atoms with Gasteiger partial charge in [0.05, 0.1) is 16.7 Å². The van der Waals surface area contributed by atoms with Gasteiger partial charge in [0.1, 0.15) is 6.20 Å². The molecule has 74 valence electrons. The van der Waals surface area contributed by atoms with Gasteiger partial charge < -0.3 is 5.73 Å². The molecule has 1 unspecified atom stereocenters. The summed E-state index contributed by atoms with van der Waals surface area (Å²) in [5, 5.41) is 10.4. The summed E-state index contributed by atoms with van der Waals surface area (Å²) in [6, 6.07) is 1.07. The number of aryl methyl sites for hydroxylation is 1. The largest absolute Gasteiger partial charge is 0.319 e. The number of rotatable bonds is 3. The lowest BCUT2D eigenvalue weighted by Gasteiger charge is -2.07. The molecule has 1 rings (SSSR count). The summed E-state index contributed by atoms with van der Waals surface area (Å²) in [7, 11) is 0. The minimum Gasteiger partial charge on any atom is -0.319 e. The number of nitrogens with zero attached hydrogens (tertiary/aromatic N) is 2. The molecule has 0 aromatic carbocycles. The molecule has 0 spiro atoms. The summed E-state index contributed by atoms with van der Waals surface area (Å²) in [5.41, 5.74) is 6.96. The van der Waals surface area contributed by atoms with E-state index >= 15 is 0 Å². The molecule has 1 aromatic rings. The van der Waals surface area contributed by atoms with Crippen LogP contribution in [0.25, 0.3) is 0 Å². The van der Waals surface area contributed by atoms with Crippen molar-refractivity contribution in [3.63, 3.8) is 0 Å². The van der Waals surface area contributed by atoms with Gasteiger partial charge in [-0.1, -0.05) is 6.08 Å². The predicted molar refractivity (Wildman–Crippen MR) is 52.8 cm³/mol. The first-order chi connectivity index (χ1) is 6.56. The van der Waals surface area contributed by atoms with Crippen molar-refractivity contribution in [2.75, 3.05) is 0 Å². The van der Waals surface area contributed by atoms with Crippen LogP contribution < -0.4 is 5.73 Å². The zero-order valence-electron chi connectivity index (χ0n) is 7.80. The number of pyridine rings is 1. The zero-order chi connectivity index (χ0) is 10.7. The molecule has 1 heterocycles. The molecule has 0 radical (unpaired) electrons. The van der Waals surface area contributed by atoms with Gasteiger partial charge in [-0.15, -0.1) is 6.58 Å². The van der Waals surface area contributed by atoms with Crippen molar-refractivity contribution in [3.8, 4) is 0 Å². The molecule has 0 aliphatic rings. The Morgan fingerprint density at radius 2 is 2.43 bits per heavy atom. The van der Waals surface area contributed by atoms with Gasteiger partial charge in [-0.25, -0.2) is 0 Å². The molecule has 1 aromatic heterocycles. The van der Waals surface area contributed by atoms with Crippen LogP contribution in [0.15, 0.2) is 24.9 Å². The first-order valence-electron chi connectivity index (χ1n) is 4.05. The van der Waals surface area contributed by atoms with Crippen LogP contribution in [0.1, 0.15) is 17.3 Å². The topological polar surface area (TPSA) is 82.0 Å². The first-order valence-corrected chi connectivity index (χ1v) is 4.05. The number of hydrogen-bond acceptors (Lipinski definition) is 4. The fourth-order valence-electron chi connectivity index (χ4n) is 1.13. The highest BCUT2D eigenvalue weighted by molar-refractivity contribution is 5.35. The molecule has 0 fully saturated rings. The van der Waals surface area contributed by atoms with Crippen molar-refractivity contribution in [2.45, 2.75) is 13.0 Å². The van der Waals surface area contributed by atoms with Crippen molar-refractivity contribution in [2.24, 2.45) is 5.73 Å². The summed E-state index contributed by atoms with van der Waals surface area (Å²) >= 11 is 0. The molecule has 0 saturated carbocycles. The van der Waals surface area contributed by atoms with E-state index in [9.17, 15) is 10.1 Å². The van der Waals surface area contributed by atoms with Crippen LogP contribution in [-0.2, 0) is 0 Å². The average molecular weight is 193 g/mol. The van der Waals surface area contributed by atoms with Crippen LogP contribution in [0.3, 0.4) is 0 Å². The standard InChI is InChI=1S/C9H11N3O2/c1-3-8(10)9-6(2)4-7(5-11-9)12(13)14/h3-5,8H,1,10H2,2H3. The lowest BCUT2D eigenvalue weighted by Crippen LogP contribution is -2.10. The maximum absolute atomic E-state index is 10.4. The van der Waals surface area contributed by atoms with Gasteiger partial charge in [-0.2, -0.15) is 0 Å². The van der Waals surface area contributed by atoms with Crippen LogP contribution >= 0.6 is 0 Å². The first kappa shape index (κ1) is 10.3. The van der Waals surface area contributed by atoms with Gasteiger partial charge in [0, 0.05) is 6.07 Å². The van der Waals surface area contributed by atoms with E-state index in [4.69, 9.17) is 5.73 Å². The summed E-state index contributed by atoms with van der Waals surface area (Å²) in [4.78, 5) is 13.9. The van der Waals surface area contributed by atoms with E-state index in [0.29, 0.717) is 11.3 Å². The summed E-state index contributed by atoms with van der Waals surface area (Å²) in [6.45, 7) is 5.27. The highest BCUT2D eigenvalue weighted by Crippen LogP contribution is 2.18. The van der Waals surface area contributed by atoms with Crippen LogP contribution in [0.5, 0.6) is 0 Å². The van der Waals surface area contributed by atoms with Crippen LogP contribution in [0.2, 0.25) is 0 Å². The van der Waals surface area contributed by atoms with Gasteiger partial charge in [0.15, 0.2) is 0 Å². The lowest BCUT2D eigenvalue weighted by atomic mass is 10.1. The third kappa shape index (κ3) is 1.94. The molecule has 1 atom stereocenters. The SMILES string of the molecule is C=CC(N)c1ncc([N+](=O)[O-])cc1C. The highest BCUT2D eigenvalue weighted by atomic mass is 16.6. The van der Waals surface area contributed by atoms with Crippen molar-refractivity contribution < 1.29 is 4.92 Å².